The summed E-state index contributed by atoms with van der Waals surface area (Å²) in [5.74, 6) is -0.917. The molecule has 0 unspecified atom stereocenters. The lowest BCUT2D eigenvalue weighted by atomic mass is 10.0. The maximum Gasteiger partial charge on any atom is 0.418 e. The minimum absolute atomic E-state index is 0.00709. The molecule has 7 nitrogen and oxygen atoms in total. The van der Waals surface area contributed by atoms with Crippen molar-refractivity contribution in [2.24, 2.45) is 0 Å². The zero-order valence-corrected chi connectivity index (χ0v) is 22.1. The molecule has 0 bridgehead atoms. The molecule has 0 fully saturated rings. The van der Waals surface area contributed by atoms with Crippen LogP contribution in [0.2, 0.25) is 0 Å². The van der Waals surface area contributed by atoms with Crippen molar-refractivity contribution < 1.29 is 39.1 Å². The molecule has 0 amide bonds. The van der Waals surface area contributed by atoms with Crippen LogP contribution in [0.1, 0.15) is 18.4 Å². The van der Waals surface area contributed by atoms with Gasteiger partial charge in [-0.3, -0.25) is 0 Å². The monoisotopic (exact) mass is 582 g/mol. The fraction of sp³-hybridized carbons (Fsp3) is 0.231. The van der Waals surface area contributed by atoms with Crippen LogP contribution in [-0.2, 0) is 25.9 Å². The number of hydrogen-bond donors (Lipinski definition) is 0. The second-order valence-corrected chi connectivity index (χ2v) is 13.2. The fourth-order valence-corrected chi connectivity index (χ4v) is 6.05. The van der Waals surface area contributed by atoms with Crippen LogP contribution in [0.4, 0.5) is 17.6 Å². The van der Waals surface area contributed by atoms with Crippen LogP contribution in [0.25, 0.3) is 22.2 Å². The molecule has 206 valence electrons. The van der Waals surface area contributed by atoms with Crippen LogP contribution in [0.3, 0.4) is 0 Å². The average Bonchev–Trinajstić information content (AvgIpc) is 2.86. The number of rotatable bonds is 9. The van der Waals surface area contributed by atoms with Crippen LogP contribution >= 0.6 is 0 Å². The molecule has 39 heavy (non-hydrogen) atoms. The molecule has 0 aliphatic carbocycles. The summed E-state index contributed by atoms with van der Waals surface area (Å²) < 4.78 is 109. The van der Waals surface area contributed by atoms with Gasteiger partial charge in [0.2, 0.25) is 0 Å². The molecule has 0 saturated heterocycles. The summed E-state index contributed by atoms with van der Waals surface area (Å²) in [6.07, 6.45) is -2.31. The number of halogens is 4. The molecule has 0 atom stereocenters. The lowest BCUT2D eigenvalue weighted by Crippen LogP contribution is -2.09. The third-order valence-corrected chi connectivity index (χ3v) is 8.57. The zero-order valence-electron chi connectivity index (χ0n) is 20.4. The first-order valence-electron chi connectivity index (χ1n) is 11.5. The molecule has 0 N–H and O–H groups in total. The molecule has 1 aromatic heterocycles. The number of sulfone groups is 2. The molecular weight excluding hydrogens is 560 g/mol. The minimum atomic E-state index is -4.67. The van der Waals surface area contributed by atoms with Crippen molar-refractivity contribution in [3.8, 4) is 22.8 Å². The summed E-state index contributed by atoms with van der Waals surface area (Å²) in [6.45, 7) is 0. The Morgan fingerprint density at radius 3 is 2.26 bits per heavy atom. The maximum absolute atomic E-state index is 14.8. The number of alkyl halides is 3. The third kappa shape index (κ3) is 6.90. The number of fused-ring (bicyclic) bond motifs is 1. The Labute approximate surface area is 222 Å². The highest BCUT2D eigenvalue weighted by Gasteiger charge is 2.33. The molecule has 13 heteroatoms. The van der Waals surface area contributed by atoms with Gasteiger partial charge in [0.1, 0.15) is 33.5 Å². The topological polar surface area (TPSA) is 103 Å². The lowest BCUT2D eigenvalue weighted by Gasteiger charge is -2.13. The quantitative estimate of drug-likeness (QED) is 0.180. The summed E-state index contributed by atoms with van der Waals surface area (Å²) in [6, 6.07) is 12.6. The smallest absolute Gasteiger partial charge is 0.418 e. The largest absolute Gasteiger partial charge is 0.457 e. The molecule has 0 radical (unpaired) electrons. The van der Waals surface area contributed by atoms with Gasteiger partial charge in [0, 0.05) is 23.0 Å². The average molecular weight is 583 g/mol. The van der Waals surface area contributed by atoms with E-state index in [0.29, 0.717) is 0 Å². The van der Waals surface area contributed by atoms with Crippen molar-refractivity contribution in [3.63, 3.8) is 0 Å². The van der Waals surface area contributed by atoms with Gasteiger partial charge in [-0.2, -0.15) is 13.2 Å². The molecule has 0 aliphatic heterocycles. The molecule has 0 spiro atoms. The standard InChI is InChI=1S/C26H22F4N2O5S2/c1-38(33,34)12-2-3-13-39(35,36)19-7-4-6-17(14-19)37-18-10-11-23(27)21(15-18)24-20-8-5-9-22(26(28,29)30)25(20)32-16-31-24/h4-11,14-16H,2-3,12-13H2,1H3. The summed E-state index contributed by atoms with van der Waals surface area (Å²) in [5, 5.41) is -0.00709. The van der Waals surface area contributed by atoms with Crippen molar-refractivity contribution in [3.05, 3.63) is 78.4 Å². The van der Waals surface area contributed by atoms with Gasteiger partial charge in [-0.15, -0.1) is 0 Å². The number of aromatic nitrogens is 2. The van der Waals surface area contributed by atoms with Crippen LogP contribution in [0, 0.1) is 5.82 Å². The molecule has 0 aliphatic rings. The van der Waals surface area contributed by atoms with Crippen molar-refractivity contribution in [1.82, 2.24) is 9.97 Å². The van der Waals surface area contributed by atoms with E-state index < -0.39 is 37.2 Å². The van der Waals surface area contributed by atoms with Crippen LogP contribution in [0.5, 0.6) is 11.5 Å². The second kappa shape index (κ2) is 10.9. The van der Waals surface area contributed by atoms with Crippen molar-refractivity contribution in [1.29, 1.82) is 0 Å². The predicted octanol–water partition coefficient (Wildman–Crippen LogP) is 5.85. The first kappa shape index (κ1) is 28.4. The Kier molecular flexibility index (Phi) is 7.94. The van der Waals surface area contributed by atoms with E-state index in [1.54, 1.807) is 0 Å². The van der Waals surface area contributed by atoms with Gasteiger partial charge in [0.25, 0.3) is 0 Å². The zero-order chi connectivity index (χ0) is 28.4. The van der Waals surface area contributed by atoms with E-state index in [0.717, 1.165) is 24.7 Å². The van der Waals surface area contributed by atoms with Crippen molar-refractivity contribution in [2.75, 3.05) is 17.8 Å². The lowest BCUT2D eigenvalue weighted by molar-refractivity contribution is -0.136. The number of nitrogens with zero attached hydrogens (tertiary/aromatic N) is 2. The summed E-state index contributed by atoms with van der Waals surface area (Å²) in [7, 11) is -6.93. The molecule has 4 aromatic rings. The SMILES string of the molecule is CS(=O)(=O)CCCCS(=O)(=O)c1cccc(Oc2ccc(F)c(-c3ncnc4c(C(F)(F)F)cccc34)c2)c1. The van der Waals surface area contributed by atoms with Crippen molar-refractivity contribution in [2.45, 2.75) is 23.9 Å². The molecular formula is C26H22F4N2O5S2. The Bertz CT molecular complexity index is 1740. The summed E-state index contributed by atoms with van der Waals surface area (Å²) >= 11 is 0. The molecule has 1 heterocycles. The minimum Gasteiger partial charge on any atom is -0.457 e. The predicted molar refractivity (Wildman–Crippen MR) is 137 cm³/mol. The number of ether oxygens (including phenoxy) is 1. The Morgan fingerprint density at radius 1 is 0.846 bits per heavy atom. The van der Waals surface area contributed by atoms with Gasteiger partial charge in [0.05, 0.1) is 27.4 Å². The van der Waals surface area contributed by atoms with Crippen LogP contribution in [0.15, 0.2) is 71.9 Å². The van der Waals surface area contributed by atoms with E-state index in [2.05, 4.69) is 9.97 Å². The number of para-hydroxylation sites is 1. The fourth-order valence-electron chi connectivity index (χ4n) is 3.92. The Balaban J connectivity index is 1.62. The highest BCUT2D eigenvalue weighted by atomic mass is 32.2. The highest BCUT2D eigenvalue weighted by molar-refractivity contribution is 7.91. The van der Waals surface area contributed by atoms with Gasteiger partial charge in [-0.05, 0) is 55.3 Å². The number of benzene rings is 3. The van der Waals surface area contributed by atoms with Gasteiger partial charge in [-0.25, -0.2) is 31.2 Å². The van der Waals surface area contributed by atoms with Crippen LogP contribution in [-0.4, -0.2) is 44.6 Å². The van der Waals surface area contributed by atoms with Crippen molar-refractivity contribution >= 4 is 30.6 Å². The normalized spacial score (nSPS) is 12.5. The maximum atomic E-state index is 14.8. The van der Waals surface area contributed by atoms with E-state index in [-0.39, 0.29) is 62.9 Å². The second-order valence-electron chi connectivity index (χ2n) is 8.80. The Morgan fingerprint density at radius 2 is 1.54 bits per heavy atom. The molecule has 3 aromatic carbocycles. The number of unbranched alkanes of at least 4 members (excludes halogenated alkanes) is 1. The first-order chi connectivity index (χ1) is 18.2. The van der Waals surface area contributed by atoms with Gasteiger partial charge >= 0.3 is 6.18 Å². The Hall–Kier alpha value is -3.58. The summed E-state index contributed by atoms with van der Waals surface area (Å²) in [4.78, 5) is 7.73. The van der Waals surface area contributed by atoms with E-state index >= 15 is 0 Å². The van der Waals surface area contributed by atoms with E-state index in [1.807, 2.05) is 0 Å². The summed E-state index contributed by atoms with van der Waals surface area (Å²) in [5.41, 5.74) is -1.56. The van der Waals surface area contributed by atoms with Gasteiger partial charge in [-0.1, -0.05) is 18.2 Å². The van der Waals surface area contributed by atoms with E-state index in [9.17, 15) is 34.4 Å². The molecule has 0 saturated carbocycles. The number of hydrogen-bond acceptors (Lipinski definition) is 7. The highest BCUT2D eigenvalue weighted by Crippen LogP contribution is 2.38. The first-order valence-corrected chi connectivity index (χ1v) is 15.3. The van der Waals surface area contributed by atoms with E-state index in [1.165, 1.54) is 48.5 Å². The third-order valence-electron chi connectivity index (χ3n) is 5.74. The van der Waals surface area contributed by atoms with E-state index in [4.69, 9.17) is 4.74 Å². The molecule has 4 rings (SSSR count). The van der Waals surface area contributed by atoms with Gasteiger partial charge in [0.15, 0.2) is 9.84 Å². The van der Waals surface area contributed by atoms with Gasteiger partial charge < -0.3 is 4.74 Å². The van der Waals surface area contributed by atoms with Crippen LogP contribution < -0.4 is 4.74 Å².